The van der Waals surface area contributed by atoms with Crippen LogP contribution < -0.4 is 10.6 Å². The van der Waals surface area contributed by atoms with Crippen LogP contribution in [0.2, 0.25) is 0 Å². The molecule has 0 aromatic rings. The molecule has 68 heavy (non-hydrogen) atoms. The second-order valence-electron chi connectivity index (χ2n) is 16.8. The number of ether oxygens (including phenoxy) is 9. The van der Waals surface area contributed by atoms with Gasteiger partial charge >= 0.3 is 5.97 Å². The van der Waals surface area contributed by atoms with Gasteiger partial charge in [-0.25, -0.2) is 4.79 Å². The Bertz CT molecular complexity index is 1650. The van der Waals surface area contributed by atoms with Crippen LogP contribution in [0.3, 0.4) is 0 Å². The first kappa shape index (κ1) is 56.3. The molecule has 19 N–H and O–H groups in total. The van der Waals surface area contributed by atoms with Crippen LogP contribution in [0.5, 0.6) is 0 Å². The lowest BCUT2D eigenvalue weighted by Crippen LogP contribution is -2.72. The monoisotopic (exact) mass is 998 g/mol. The van der Waals surface area contributed by atoms with Gasteiger partial charge in [0, 0.05) is 20.3 Å². The Hall–Kier alpha value is -2.59. The molecular formula is C37H62N2O29. The number of carboxylic acid groups (broad SMARTS) is 1. The average Bonchev–Trinajstić information content (AvgIpc) is 3.29. The van der Waals surface area contributed by atoms with Gasteiger partial charge in [0.1, 0.15) is 116 Å². The lowest BCUT2D eigenvalue weighted by molar-refractivity contribution is -0.402. The first-order valence-corrected chi connectivity index (χ1v) is 21.2. The number of rotatable bonds is 18. The molecule has 0 aromatic carbocycles. The summed E-state index contributed by atoms with van der Waals surface area (Å²) < 4.78 is 51.6. The van der Waals surface area contributed by atoms with E-state index in [1.54, 1.807) is 0 Å². The topological polar surface area (TPSA) is 502 Å². The number of nitrogens with one attached hydrogen (secondary N) is 2. The largest absolute Gasteiger partial charge is 0.477 e. The fourth-order valence-corrected chi connectivity index (χ4v) is 8.53. The van der Waals surface area contributed by atoms with Gasteiger partial charge < -0.3 is 140 Å². The molecule has 0 bridgehead atoms. The quantitative estimate of drug-likeness (QED) is 0.0606. The lowest BCUT2D eigenvalue weighted by atomic mass is 9.88. The first-order chi connectivity index (χ1) is 32.0. The number of hydrogen-bond donors (Lipinski definition) is 19. The highest BCUT2D eigenvalue weighted by Gasteiger charge is 2.62. The fourth-order valence-electron chi connectivity index (χ4n) is 8.53. The number of aliphatic carboxylic acids is 1. The first-order valence-electron chi connectivity index (χ1n) is 21.2. The molecular weight excluding hydrogens is 936 g/mol. The summed E-state index contributed by atoms with van der Waals surface area (Å²) in [4.78, 5) is 38.3. The maximum atomic E-state index is 13.4. The van der Waals surface area contributed by atoms with Crippen molar-refractivity contribution in [2.24, 2.45) is 0 Å². The minimum atomic E-state index is -3.32. The summed E-state index contributed by atoms with van der Waals surface area (Å²) in [7, 11) is 0. The number of carbonyl (C=O) groups is 3. The molecule has 31 heteroatoms. The molecule has 5 aliphatic heterocycles. The van der Waals surface area contributed by atoms with Gasteiger partial charge in [0.25, 0.3) is 5.79 Å². The summed E-state index contributed by atoms with van der Waals surface area (Å²) in [5.41, 5.74) is 0. The Balaban J connectivity index is 1.61. The Morgan fingerprint density at radius 3 is 1.63 bits per heavy atom. The third-order valence-corrected chi connectivity index (χ3v) is 12.1. The van der Waals surface area contributed by atoms with Crippen LogP contribution in [0.25, 0.3) is 0 Å². The SMILES string of the molecule is CC(=O)N[C@@H]1[C@@H](O)C[C@](O[C@@H]2[C@@H](O)[C@H](O[C@H]3[C@H](O)[C@@H](O)C(O)O[C@@H]3CO)O[C@H](CO)[C@@H]2O[C@@H]2O[C@H](CO)[C@H](O)[C@H](O[C@@H]3O[C@H](CO)[C@H](O)[C@H](O)[C@H]3O)[C@H]2NC(C)=O)(C(=O)O)O[C@H]1C(O)C(O)CO. The predicted molar refractivity (Wildman–Crippen MR) is 207 cm³/mol. The summed E-state index contributed by atoms with van der Waals surface area (Å²) in [6.07, 6.45) is -48.5. The smallest absolute Gasteiger partial charge is 0.364 e. The van der Waals surface area contributed by atoms with Gasteiger partial charge in [-0.2, -0.15) is 0 Å². The molecule has 26 atom stereocenters. The third kappa shape index (κ3) is 11.8. The van der Waals surface area contributed by atoms with Gasteiger partial charge in [0.2, 0.25) is 11.8 Å². The Morgan fingerprint density at radius 1 is 0.574 bits per heavy atom. The molecule has 0 aromatic heterocycles. The van der Waals surface area contributed by atoms with E-state index in [9.17, 15) is 101 Å². The van der Waals surface area contributed by atoms with Crippen molar-refractivity contribution >= 4 is 17.8 Å². The number of aliphatic hydroxyl groups is 16. The van der Waals surface area contributed by atoms with Crippen molar-refractivity contribution in [1.29, 1.82) is 0 Å². The van der Waals surface area contributed by atoms with Crippen molar-refractivity contribution in [2.45, 2.75) is 179 Å². The van der Waals surface area contributed by atoms with Crippen LogP contribution in [0, 0.1) is 0 Å². The highest BCUT2D eigenvalue weighted by Crippen LogP contribution is 2.40. The van der Waals surface area contributed by atoms with E-state index in [0.29, 0.717) is 0 Å². The molecule has 3 unspecified atom stereocenters. The molecule has 0 spiro atoms. The Morgan fingerprint density at radius 2 is 1.07 bits per heavy atom. The number of hydrogen-bond acceptors (Lipinski definition) is 28. The van der Waals surface area contributed by atoms with Crippen LogP contribution in [0.1, 0.15) is 20.3 Å². The van der Waals surface area contributed by atoms with Crippen LogP contribution >= 0.6 is 0 Å². The second-order valence-corrected chi connectivity index (χ2v) is 16.8. The summed E-state index contributed by atoms with van der Waals surface area (Å²) >= 11 is 0. The summed E-state index contributed by atoms with van der Waals surface area (Å²) in [5, 5.41) is 185. The van der Waals surface area contributed by atoms with Gasteiger partial charge in [-0.1, -0.05) is 0 Å². The minimum Gasteiger partial charge on any atom is -0.477 e. The number of aliphatic hydroxyl groups excluding tert-OH is 16. The maximum Gasteiger partial charge on any atom is 0.364 e. The van der Waals surface area contributed by atoms with E-state index in [1.165, 1.54) is 0 Å². The molecule has 394 valence electrons. The van der Waals surface area contributed by atoms with E-state index in [2.05, 4.69) is 10.6 Å². The van der Waals surface area contributed by atoms with E-state index in [0.717, 1.165) is 13.8 Å². The molecule has 5 aliphatic rings. The van der Waals surface area contributed by atoms with Gasteiger partial charge in [-0.3, -0.25) is 9.59 Å². The molecule has 0 aliphatic carbocycles. The molecule has 5 fully saturated rings. The normalized spacial score (nSPS) is 46.6. The second kappa shape index (κ2) is 23.8. The van der Waals surface area contributed by atoms with E-state index in [4.69, 9.17) is 42.6 Å². The zero-order chi connectivity index (χ0) is 50.7. The van der Waals surface area contributed by atoms with E-state index >= 15 is 0 Å². The molecule has 31 nitrogen and oxygen atoms in total. The maximum absolute atomic E-state index is 13.4. The molecule has 5 saturated heterocycles. The van der Waals surface area contributed by atoms with E-state index in [-0.39, 0.29) is 0 Å². The van der Waals surface area contributed by atoms with Crippen molar-refractivity contribution in [2.75, 3.05) is 33.0 Å². The summed E-state index contributed by atoms with van der Waals surface area (Å²) in [6, 6.07) is -3.59. The number of amides is 2. The average molecular weight is 999 g/mol. The number of carboxylic acids is 1. The van der Waals surface area contributed by atoms with Crippen LogP contribution in [0.4, 0.5) is 0 Å². The zero-order valence-electron chi connectivity index (χ0n) is 36.2. The van der Waals surface area contributed by atoms with Gasteiger partial charge in [-0.05, 0) is 0 Å². The van der Waals surface area contributed by atoms with Crippen molar-refractivity contribution in [1.82, 2.24) is 10.6 Å². The fraction of sp³-hybridized carbons (Fsp3) is 0.919. The Kier molecular flexibility index (Phi) is 19.7. The van der Waals surface area contributed by atoms with Gasteiger partial charge in [0.05, 0.1) is 45.2 Å². The van der Waals surface area contributed by atoms with E-state index in [1.807, 2.05) is 0 Å². The highest BCUT2D eigenvalue weighted by atomic mass is 16.8. The van der Waals surface area contributed by atoms with Crippen LogP contribution in [-0.2, 0) is 57.0 Å². The van der Waals surface area contributed by atoms with Crippen molar-refractivity contribution in [3.8, 4) is 0 Å². The summed E-state index contributed by atoms with van der Waals surface area (Å²) in [5.74, 6) is -7.24. The number of carbonyl (C=O) groups excluding carboxylic acids is 2. The Labute approximate surface area is 384 Å². The molecule has 0 saturated carbocycles. The van der Waals surface area contributed by atoms with Gasteiger partial charge in [-0.15, -0.1) is 0 Å². The van der Waals surface area contributed by atoms with Crippen molar-refractivity contribution in [3.63, 3.8) is 0 Å². The summed E-state index contributed by atoms with van der Waals surface area (Å²) in [6.45, 7) is -3.48. The standard InChI is InChI=1S/C37H62N2O29/c1-9(45)38-17-11(47)3-37(36(58)59,67-30(17)19(49)12(48)4-40)68-31-26(56)35(64-27-15(7-43)60-32(57)24(54)23(27)53)63-16(8-44)28(31)65-33-18(39-10(2)46)29(21(51)14(6-42)61-33)66-34-25(55)22(52)20(50)13(5-41)62-34/h11-35,40-44,47-57H,3-8H2,1-2H3,(H,38,45)(H,39,46)(H,58,59)/t11-,12?,13+,14+,15+,16+,17+,18+,19?,20-,21-,22-,23+,24+,25+,26+,27+,28-,29+,30+,31+,32?,33-,34-,35-,37-/m0/s1. The van der Waals surface area contributed by atoms with Crippen molar-refractivity contribution in [3.05, 3.63) is 0 Å². The molecule has 5 rings (SSSR count). The van der Waals surface area contributed by atoms with Gasteiger partial charge in [0.15, 0.2) is 25.2 Å². The predicted octanol–water partition coefficient (Wildman–Crippen LogP) is -12.4. The van der Waals surface area contributed by atoms with Crippen LogP contribution in [-0.4, -0.2) is 297 Å². The third-order valence-electron chi connectivity index (χ3n) is 12.1. The molecule has 0 radical (unpaired) electrons. The zero-order valence-corrected chi connectivity index (χ0v) is 36.2. The van der Waals surface area contributed by atoms with Crippen molar-refractivity contribution < 1.29 is 144 Å². The van der Waals surface area contributed by atoms with Crippen LogP contribution in [0.15, 0.2) is 0 Å². The minimum absolute atomic E-state index is 0.856. The molecule has 5 heterocycles. The highest BCUT2D eigenvalue weighted by molar-refractivity contribution is 5.76. The van der Waals surface area contributed by atoms with E-state index < -0.39 is 216 Å². The molecule has 2 amide bonds. The lowest BCUT2D eigenvalue weighted by Gasteiger charge is -2.52.